The largest absolute Gasteiger partial charge is 0.390 e. The molecule has 0 saturated heterocycles. The Morgan fingerprint density at radius 3 is 2.30 bits per heavy atom. The van der Waals surface area contributed by atoms with Crippen molar-refractivity contribution < 1.29 is 23.5 Å². The number of carbonyl (C=O) groups excluding carboxylic acids is 2. The van der Waals surface area contributed by atoms with Crippen LogP contribution in [0.2, 0.25) is 0 Å². The fourth-order valence-corrected chi connectivity index (χ4v) is 5.87. The van der Waals surface area contributed by atoms with Crippen LogP contribution in [0.4, 0.5) is 8.78 Å². The van der Waals surface area contributed by atoms with E-state index in [9.17, 15) is 23.5 Å². The highest BCUT2D eigenvalue weighted by molar-refractivity contribution is 6.00. The maximum absolute atomic E-state index is 14.1. The number of nitrogens with zero attached hydrogens (tertiary/aromatic N) is 1. The molecule has 0 radical (unpaired) electrons. The highest BCUT2D eigenvalue weighted by Crippen LogP contribution is 2.21. The maximum atomic E-state index is 14.1. The van der Waals surface area contributed by atoms with Crippen LogP contribution in [0.25, 0.3) is 0 Å². The molecule has 6 nitrogen and oxygen atoms in total. The third-order valence-corrected chi connectivity index (χ3v) is 8.24. The normalized spacial score (nSPS) is 15.1. The van der Waals surface area contributed by atoms with Crippen LogP contribution in [0.1, 0.15) is 82.0 Å². The first-order valence-electron chi connectivity index (χ1n) is 15.2. The molecule has 3 aromatic carbocycles. The van der Waals surface area contributed by atoms with Crippen LogP contribution < -0.4 is 10.6 Å². The highest BCUT2D eigenvalue weighted by atomic mass is 19.1. The van der Waals surface area contributed by atoms with E-state index < -0.39 is 29.7 Å². The number of halogens is 2. The molecule has 8 heteroatoms. The van der Waals surface area contributed by atoms with Crippen molar-refractivity contribution in [3.8, 4) is 0 Å². The van der Waals surface area contributed by atoms with Gasteiger partial charge in [-0.05, 0) is 85.2 Å². The highest BCUT2D eigenvalue weighted by Gasteiger charge is 2.29. The molecule has 0 spiro atoms. The van der Waals surface area contributed by atoms with Crippen molar-refractivity contribution in [2.45, 2.75) is 83.5 Å². The average molecular weight is 592 g/mol. The summed E-state index contributed by atoms with van der Waals surface area (Å²) in [5.74, 6) is -2.06. The number of aliphatic hydroxyl groups excluding tert-OH is 1. The number of aliphatic hydroxyl groups is 1. The van der Waals surface area contributed by atoms with E-state index in [1.807, 2.05) is 19.1 Å². The minimum Gasteiger partial charge on any atom is -0.390 e. The van der Waals surface area contributed by atoms with E-state index in [1.165, 1.54) is 29.0 Å². The SMILES string of the molecule is CCc1cccc(CNC[C@@H](O)[C@H](Cc2cc(F)cc(F)c2)N(C)C(=O)c2cc(C)cc(C(=O)NC3CCCCC3)c2)c1. The minimum atomic E-state index is -1.05. The maximum Gasteiger partial charge on any atom is 0.253 e. The van der Waals surface area contributed by atoms with E-state index in [-0.39, 0.29) is 24.9 Å². The van der Waals surface area contributed by atoms with Gasteiger partial charge in [-0.25, -0.2) is 8.78 Å². The number of benzene rings is 3. The van der Waals surface area contributed by atoms with Crippen molar-refractivity contribution in [1.82, 2.24) is 15.5 Å². The average Bonchev–Trinajstić information content (AvgIpc) is 2.99. The second kappa shape index (κ2) is 15.2. The lowest BCUT2D eigenvalue weighted by Crippen LogP contribution is -2.49. The Kier molecular flexibility index (Phi) is 11.4. The first-order chi connectivity index (χ1) is 20.6. The molecule has 2 atom stereocenters. The molecule has 0 unspecified atom stereocenters. The molecule has 4 rings (SSSR count). The molecule has 230 valence electrons. The molecule has 2 amide bonds. The van der Waals surface area contributed by atoms with Crippen LogP contribution in [-0.2, 0) is 19.4 Å². The molecule has 0 bridgehead atoms. The fraction of sp³-hybridized carbons (Fsp3) is 0.429. The van der Waals surface area contributed by atoms with Crippen molar-refractivity contribution >= 4 is 11.8 Å². The molecule has 0 heterocycles. The molecule has 1 saturated carbocycles. The Labute approximate surface area is 253 Å². The summed E-state index contributed by atoms with van der Waals surface area (Å²) >= 11 is 0. The molecule has 0 aliphatic heterocycles. The summed E-state index contributed by atoms with van der Waals surface area (Å²) in [7, 11) is 1.57. The van der Waals surface area contributed by atoms with Crippen LogP contribution in [0, 0.1) is 18.6 Å². The Morgan fingerprint density at radius 2 is 1.60 bits per heavy atom. The van der Waals surface area contributed by atoms with E-state index in [1.54, 1.807) is 25.2 Å². The van der Waals surface area contributed by atoms with E-state index in [4.69, 9.17) is 0 Å². The van der Waals surface area contributed by atoms with Crippen molar-refractivity contribution in [3.05, 3.63) is 106 Å². The van der Waals surface area contributed by atoms with Gasteiger partial charge >= 0.3 is 0 Å². The van der Waals surface area contributed by atoms with Crippen LogP contribution in [0.15, 0.2) is 60.7 Å². The van der Waals surface area contributed by atoms with Gasteiger partial charge in [-0.3, -0.25) is 9.59 Å². The van der Waals surface area contributed by atoms with Gasteiger partial charge in [0.1, 0.15) is 11.6 Å². The molecule has 43 heavy (non-hydrogen) atoms. The summed E-state index contributed by atoms with van der Waals surface area (Å²) in [4.78, 5) is 28.3. The Bertz CT molecular complexity index is 1390. The number of hydrogen-bond donors (Lipinski definition) is 3. The zero-order chi connectivity index (χ0) is 30.9. The van der Waals surface area contributed by atoms with Gasteiger partial charge in [0.2, 0.25) is 0 Å². The molecule has 1 aliphatic rings. The summed E-state index contributed by atoms with van der Waals surface area (Å²) in [5, 5.41) is 17.7. The number of amides is 2. The Morgan fingerprint density at radius 1 is 0.930 bits per heavy atom. The van der Waals surface area contributed by atoms with Crippen molar-refractivity contribution in [3.63, 3.8) is 0 Å². The summed E-state index contributed by atoms with van der Waals surface area (Å²) in [6.07, 6.45) is 5.16. The summed E-state index contributed by atoms with van der Waals surface area (Å²) in [6, 6.07) is 15.7. The van der Waals surface area contributed by atoms with E-state index in [0.29, 0.717) is 23.2 Å². The number of carbonyl (C=O) groups is 2. The molecular weight excluding hydrogens is 548 g/mol. The minimum absolute atomic E-state index is 0.0337. The quantitative estimate of drug-likeness (QED) is 0.251. The molecule has 3 N–H and O–H groups in total. The molecule has 1 aliphatic carbocycles. The zero-order valence-electron chi connectivity index (χ0n) is 25.3. The smallest absolute Gasteiger partial charge is 0.253 e. The predicted molar refractivity (Wildman–Crippen MR) is 165 cm³/mol. The number of aryl methyl sites for hydroxylation is 2. The zero-order valence-corrected chi connectivity index (χ0v) is 25.3. The molecular formula is C35H43F2N3O3. The van der Waals surface area contributed by atoms with Gasteiger partial charge in [0.05, 0.1) is 12.1 Å². The van der Waals surface area contributed by atoms with Gasteiger partial charge in [0.15, 0.2) is 0 Å². The van der Waals surface area contributed by atoms with E-state index in [2.05, 4.69) is 29.7 Å². The first kappa shape index (κ1) is 32.3. The van der Waals surface area contributed by atoms with Crippen LogP contribution in [0.5, 0.6) is 0 Å². The number of rotatable bonds is 12. The van der Waals surface area contributed by atoms with Gasteiger partial charge in [0.25, 0.3) is 11.8 Å². The van der Waals surface area contributed by atoms with E-state index in [0.717, 1.165) is 49.3 Å². The first-order valence-corrected chi connectivity index (χ1v) is 15.2. The monoisotopic (exact) mass is 591 g/mol. The summed E-state index contributed by atoms with van der Waals surface area (Å²) in [5.41, 5.74) is 4.08. The second-order valence-electron chi connectivity index (χ2n) is 11.7. The van der Waals surface area contributed by atoms with Gasteiger partial charge in [0, 0.05) is 43.4 Å². The molecule has 1 fully saturated rings. The summed E-state index contributed by atoms with van der Waals surface area (Å²) in [6.45, 7) is 4.58. The van der Waals surface area contributed by atoms with E-state index >= 15 is 0 Å². The summed E-state index contributed by atoms with van der Waals surface area (Å²) < 4.78 is 28.1. The third-order valence-electron chi connectivity index (χ3n) is 8.24. The van der Waals surface area contributed by atoms with Gasteiger partial charge in [-0.1, -0.05) is 50.5 Å². The van der Waals surface area contributed by atoms with Gasteiger partial charge < -0.3 is 20.6 Å². The lowest BCUT2D eigenvalue weighted by molar-refractivity contribution is 0.0440. The third kappa shape index (κ3) is 9.18. The topological polar surface area (TPSA) is 81.7 Å². The second-order valence-corrected chi connectivity index (χ2v) is 11.7. The van der Waals surface area contributed by atoms with Crippen molar-refractivity contribution in [2.24, 2.45) is 0 Å². The van der Waals surface area contributed by atoms with Gasteiger partial charge in [-0.15, -0.1) is 0 Å². The van der Waals surface area contributed by atoms with Crippen molar-refractivity contribution in [2.75, 3.05) is 13.6 Å². The lowest BCUT2D eigenvalue weighted by Gasteiger charge is -2.33. The fourth-order valence-electron chi connectivity index (χ4n) is 5.87. The molecule has 0 aromatic heterocycles. The Balaban J connectivity index is 1.52. The van der Waals surface area contributed by atoms with Crippen molar-refractivity contribution in [1.29, 1.82) is 0 Å². The lowest BCUT2D eigenvalue weighted by atomic mass is 9.95. The number of likely N-dealkylation sites (N-methyl/N-ethyl adjacent to an activating group) is 1. The number of nitrogens with one attached hydrogen (secondary N) is 2. The predicted octanol–water partition coefficient (Wildman–Crippen LogP) is 5.73. The molecule has 3 aromatic rings. The van der Waals surface area contributed by atoms with Gasteiger partial charge in [-0.2, -0.15) is 0 Å². The van der Waals surface area contributed by atoms with Crippen LogP contribution in [0.3, 0.4) is 0 Å². The standard InChI is InChI=1S/C35H43F2N3O3/c1-4-24-9-8-10-25(15-24)21-38-22-33(41)32(18-26-16-29(36)20-30(37)17-26)40(3)35(43)28-14-23(2)13-27(19-28)34(42)39-31-11-6-5-7-12-31/h8-10,13-17,19-20,31-33,38,41H,4-7,11-12,18,21-22H2,1-3H3,(H,39,42)/t32-,33+/m0/s1. The number of hydrogen-bond acceptors (Lipinski definition) is 4. The van der Waals surface area contributed by atoms with Crippen LogP contribution in [-0.4, -0.2) is 53.6 Å². The Hall–Kier alpha value is -3.62. The van der Waals surface area contributed by atoms with Crippen LogP contribution >= 0.6 is 0 Å².